The molecule has 0 radical (unpaired) electrons. The van der Waals surface area contributed by atoms with Crippen LogP contribution in [0, 0.1) is 5.82 Å². The predicted octanol–water partition coefficient (Wildman–Crippen LogP) is 2.18. The van der Waals surface area contributed by atoms with E-state index in [4.69, 9.17) is 4.74 Å². The zero-order valence-electron chi connectivity index (χ0n) is 10.6. The van der Waals surface area contributed by atoms with E-state index in [1.165, 1.54) is 6.07 Å². The Kier molecular flexibility index (Phi) is 4.72. The van der Waals surface area contributed by atoms with Crippen LogP contribution in [0.5, 0.6) is 0 Å². The second-order valence-electron chi connectivity index (χ2n) is 4.56. The predicted molar refractivity (Wildman–Crippen MR) is 73.1 cm³/mol. The summed E-state index contributed by atoms with van der Waals surface area (Å²) in [5.74, 6) is -0.213. The van der Waals surface area contributed by atoms with Crippen LogP contribution in [0.15, 0.2) is 22.7 Å². The van der Waals surface area contributed by atoms with Crippen LogP contribution < -0.4 is 5.32 Å². The first-order valence-electron chi connectivity index (χ1n) is 6.05. The van der Waals surface area contributed by atoms with Crippen LogP contribution in [0.3, 0.4) is 0 Å². The van der Waals surface area contributed by atoms with Gasteiger partial charge in [0.05, 0.1) is 18.8 Å². The molecule has 1 N–H and O–H groups in total. The standard InChI is InChI=1S/C13H18BrFN2O/c1-16-8-12-13(17(2)5-6-18-12)10-7-9(15)3-4-11(10)14/h3-4,7,12-13,16H,5-6,8H2,1-2H3. The van der Waals surface area contributed by atoms with E-state index < -0.39 is 0 Å². The Bertz CT molecular complexity index is 414. The molecular formula is C13H18BrFN2O. The smallest absolute Gasteiger partial charge is 0.123 e. The van der Waals surface area contributed by atoms with Crippen molar-refractivity contribution in [2.45, 2.75) is 12.1 Å². The first kappa shape index (κ1) is 13.9. The normalized spacial score (nSPS) is 25.3. The Hall–Kier alpha value is -0.490. The molecule has 0 aliphatic carbocycles. The minimum absolute atomic E-state index is 0.0341. The van der Waals surface area contributed by atoms with E-state index in [-0.39, 0.29) is 18.0 Å². The molecule has 2 unspecified atom stereocenters. The van der Waals surface area contributed by atoms with Crippen molar-refractivity contribution in [3.8, 4) is 0 Å². The molecular weight excluding hydrogens is 299 g/mol. The van der Waals surface area contributed by atoms with Gasteiger partial charge in [0.25, 0.3) is 0 Å². The van der Waals surface area contributed by atoms with Gasteiger partial charge in [-0.2, -0.15) is 0 Å². The number of hydrogen-bond donors (Lipinski definition) is 1. The number of rotatable bonds is 3. The molecule has 0 spiro atoms. The molecule has 1 aromatic carbocycles. The van der Waals surface area contributed by atoms with Gasteiger partial charge in [-0.25, -0.2) is 4.39 Å². The Morgan fingerprint density at radius 2 is 2.33 bits per heavy atom. The molecule has 1 aromatic rings. The summed E-state index contributed by atoms with van der Waals surface area (Å²) in [6.07, 6.45) is 0.0341. The molecule has 1 aliphatic rings. The average Bonchev–Trinajstić information content (AvgIpc) is 2.34. The summed E-state index contributed by atoms with van der Waals surface area (Å²) in [4.78, 5) is 2.21. The minimum atomic E-state index is -0.213. The van der Waals surface area contributed by atoms with Crippen LogP contribution in [0.25, 0.3) is 0 Å². The van der Waals surface area contributed by atoms with Crippen molar-refractivity contribution in [2.24, 2.45) is 0 Å². The van der Waals surface area contributed by atoms with Crippen LogP contribution in [-0.4, -0.2) is 44.8 Å². The summed E-state index contributed by atoms with van der Waals surface area (Å²) in [6.45, 7) is 2.32. The Labute approximate surface area is 115 Å². The van der Waals surface area contributed by atoms with E-state index in [2.05, 4.69) is 26.1 Å². The third-order valence-electron chi connectivity index (χ3n) is 3.28. The maximum Gasteiger partial charge on any atom is 0.123 e. The van der Waals surface area contributed by atoms with Gasteiger partial charge in [-0.3, -0.25) is 4.90 Å². The highest BCUT2D eigenvalue weighted by molar-refractivity contribution is 9.10. The number of ether oxygens (including phenoxy) is 1. The molecule has 18 heavy (non-hydrogen) atoms. The Balaban J connectivity index is 2.33. The van der Waals surface area contributed by atoms with Crippen molar-refractivity contribution in [3.63, 3.8) is 0 Å². The first-order chi connectivity index (χ1) is 8.63. The van der Waals surface area contributed by atoms with Gasteiger partial charge in [0.15, 0.2) is 0 Å². The van der Waals surface area contributed by atoms with Gasteiger partial charge in [-0.15, -0.1) is 0 Å². The Morgan fingerprint density at radius 3 is 3.06 bits per heavy atom. The topological polar surface area (TPSA) is 24.5 Å². The number of halogens is 2. The van der Waals surface area contributed by atoms with E-state index in [1.54, 1.807) is 12.1 Å². The van der Waals surface area contributed by atoms with Gasteiger partial charge in [-0.1, -0.05) is 15.9 Å². The maximum absolute atomic E-state index is 13.4. The number of benzene rings is 1. The van der Waals surface area contributed by atoms with Crippen molar-refractivity contribution >= 4 is 15.9 Å². The number of hydrogen-bond acceptors (Lipinski definition) is 3. The van der Waals surface area contributed by atoms with E-state index >= 15 is 0 Å². The molecule has 2 atom stereocenters. The fourth-order valence-corrected chi connectivity index (χ4v) is 2.89. The summed E-state index contributed by atoms with van der Waals surface area (Å²) in [7, 11) is 3.95. The summed E-state index contributed by atoms with van der Waals surface area (Å²) < 4.78 is 20.2. The van der Waals surface area contributed by atoms with E-state index in [0.29, 0.717) is 6.61 Å². The highest BCUT2D eigenvalue weighted by Gasteiger charge is 2.32. The molecule has 1 heterocycles. The summed E-state index contributed by atoms with van der Waals surface area (Å²) in [5.41, 5.74) is 0.942. The maximum atomic E-state index is 13.4. The second-order valence-corrected chi connectivity index (χ2v) is 5.41. The van der Waals surface area contributed by atoms with E-state index in [9.17, 15) is 4.39 Å². The number of likely N-dealkylation sites (N-methyl/N-ethyl adjacent to an activating group) is 2. The van der Waals surface area contributed by atoms with Gasteiger partial charge in [0, 0.05) is 17.6 Å². The molecule has 3 nitrogen and oxygen atoms in total. The highest BCUT2D eigenvalue weighted by Crippen LogP contribution is 2.33. The van der Waals surface area contributed by atoms with E-state index in [0.717, 1.165) is 23.1 Å². The lowest BCUT2D eigenvalue weighted by molar-refractivity contribution is -0.0609. The summed E-state index contributed by atoms with van der Waals surface area (Å²) in [5, 5.41) is 3.13. The van der Waals surface area contributed by atoms with Crippen LogP contribution in [0.4, 0.5) is 4.39 Å². The summed E-state index contributed by atoms with van der Waals surface area (Å²) >= 11 is 3.50. The lowest BCUT2D eigenvalue weighted by Gasteiger charge is -2.39. The fourth-order valence-electron chi connectivity index (χ4n) is 2.41. The third-order valence-corrected chi connectivity index (χ3v) is 4.01. The van der Waals surface area contributed by atoms with Crippen molar-refractivity contribution in [2.75, 3.05) is 33.8 Å². The highest BCUT2D eigenvalue weighted by atomic mass is 79.9. The van der Waals surface area contributed by atoms with Gasteiger partial charge in [0.1, 0.15) is 5.82 Å². The first-order valence-corrected chi connectivity index (χ1v) is 6.84. The monoisotopic (exact) mass is 316 g/mol. The summed E-state index contributed by atoms with van der Waals surface area (Å²) in [6, 6.07) is 4.87. The molecule has 0 saturated carbocycles. The van der Waals surface area contributed by atoms with E-state index in [1.807, 2.05) is 14.1 Å². The minimum Gasteiger partial charge on any atom is -0.374 e. The number of nitrogens with zero attached hydrogens (tertiary/aromatic N) is 1. The lowest BCUT2D eigenvalue weighted by Crippen LogP contribution is -2.47. The molecule has 1 saturated heterocycles. The molecule has 1 aliphatic heterocycles. The quantitative estimate of drug-likeness (QED) is 0.925. The molecule has 100 valence electrons. The molecule has 5 heteroatoms. The van der Waals surface area contributed by atoms with Crippen LogP contribution in [-0.2, 0) is 4.74 Å². The van der Waals surface area contributed by atoms with Gasteiger partial charge >= 0.3 is 0 Å². The average molecular weight is 317 g/mol. The number of nitrogens with one attached hydrogen (secondary N) is 1. The number of morpholine rings is 1. The Morgan fingerprint density at radius 1 is 1.56 bits per heavy atom. The third kappa shape index (κ3) is 2.91. The van der Waals surface area contributed by atoms with Crippen molar-refractivity contribution in [1.29, 1.82) is 0 Å². The zero-order valence-corrected chi connectivity index (χ0v) is 12.2. The van der Waals surface area contributed by atoms with Crippen molar-refractivity contribution in [3.05, 3.63) is 34.1 Å². The van der Waals surface area contributed by atoms with Gasteiger partial charge in [0.2, 0.25) is 0 Å². The van der Waals surface area contributed by atoms with Crippen LogP contribution in [0.2, 0.25) is 0 Å². The van der Waals surface area contributed by atoms with Crippen LogP contribution in [0.1, 0.15) is 11.6 Å². The lowest BCUT2D eigenvalue weighted by atomic mass is 9.98. The largest absolute Gasteiger partial charge is 0.374 e. The van der Waals surface area contributed by atoms with Crippen molar-refractivity contribution < 1.29 is 9.13 Å². The SMILES string of the molecule is CNCC1OCCN(C)C1c1cc(F)ccc1Br. The zero-order chi connectivity index (χ0) is 13.1. The molecule has 0 bridgehead atoms. The van der Waals surface area contributed by atoms with Gasteiger partial charge < -0.3 is 10.1 Å². The van der Waals surface area contributed by atoms with Gasteiger partial charge in [-0.05, 0) is 37.9 Å². The molecule has 0 aromatic heterocycles. The second kappa shape index (κ2) is 6.10. The fraction of sp³-hybridized carbons (Fsp3) is 0.538. The molecule has 1 fully saturated rings. The van der Waals surface area contributed by atoms with Crippen LogP contribution >= 0.6 is 15.9 Å². The van der Waals surface area contributed by atoms with Crippen molar-refractivity contribution in [1.82, 2.24) is 10.2 Å². The molecule has 0 amide bonds. The molecule has 2 rings (SSSR count).